The standard InChI is InChI=1S/C13H20ClN3O2/c1-17(2)8-4-7-15-13(18)16-11-9-10(14)5-6-12(11)19-3/h5-6,9H,4,7-8H2,1-3H3,(H2,15,16,18). The van der Waals surface area contributed by atoms with Crippen molar-refractivity contribution in [2.45, 2.75) is 6.42 Å². The minimum atomic E-state index is -0.265. The predicted molar refractivity (Wildman–Crippen MR) is 78.2 cm³/mol. The number of amides is 2. The quantitative estimate of drug-likeness (QED) is 0.789. The van der Waals surface area contributed by atoms with E-state index >= 15 is 0 Å². The normalized spacial score (nSPS) is 10.4. The molecule has 2 N–H and O–H groups in total. The number of benzene rings is 1. The van der Waals surface area contributed by atoms with Gasteiger partial charge in [0, 0.05) is 11.6 Å². The number of carbonyl (C=O) groups is 1. The molecule has 0 aromatic heterocycles. The molecule has 6 heteroatoms. The molecule has 5 nitrogen and oxygen atoms in total. The number of rotatable bonds is 6. The first-order valence-electron chi connectivity index (χ1n) is 6.06. The van der Waals surface area contributed by atoms with E-state index in [1.165, 1.54) is 0 Å². The van der Waals surface area contributed by atoms with Crippen molar-refractivity contribution in [1.82, 2.24) is 10.2 Å². The summed E-state index contributed by atoms with van der Waals surface area (Å²) < 4.78 is 5.15. The van der Waals surface area contributed by atoms with Crippen LogP contribution in [0.2, 0.25) is 5.02 Å². The highest BCUT2D eigenvalue weighted by atomic mass is 35.5. The lowest BCUT2D eigenvalue weighted by Crippen LogP contribution is -2.31. The van der Waals surface area contributed by atoms with Crippen molar-refractivity contribution >= 4 is 23.3 Å². The smallest absolute Gasteiger partial charge is 0.319 e. The second-order valence-corrected chi connectivity index (χ2v) is 4.82. The molecular weight excluding hydrogens is 266 g/mol. The van der Waals surface area contributed by atoms with Gasteiger partial charge in [-0.2, -0.15) is 0 Å². The van der Waals surface area contributed by atoms with Gasteiger partial charge in [-0.1, -0.05) is 11.6 Å². The van der Waals surface area contributed by atoms with E-state index in [1.54, 1.807) is 25.3 Å². The second-order valence-electron chi connectivity index (χ2n) is 4.38. The van der Waals surface area contributed by atoms with Crippen LogP contribution in [0, 0.1) is 0 Å². The summed E-state index contributed by atoms with van der Waals surface area (Å²) in [5, 5.41) is 6.04. The first-order valence-corrected chi connectivity index (χ1v) is 6.44. The Balaban J connectivity index is 2.45. The van der Waals surface area contributed by atoms with Crippen LogP contribution in [0.4, 0.5) is 10.5 Å². The van der Waals surface area contributed by atoms with E-state index in [4.69, 9.17) is 16.3 Å². The molecule has 106 valence electrons. The fraction of sp³-hybridized carbons (Fsp3) is 0.462. The van der Waals surface area contributed by atoms with Crippen molar-refractivity contribution in [3.05, 3.63) is 23.2 Å². The maximum absolute atomic E-state index is 11.7. The van der Waals surface area contributed by atoms with Gasteiger partial charge in [-0.25, -0.2) is 4.79 Å². The van der Waals surface area contributed by atoms with Crippen molar-refractivity contribution in [2.75, 3.05) is 39.6 Å². The number of methoxy groups -OCH3 is 1. The molecule has 0 fully saturated rings. The number of carbonyl (C=O) groups excluding carboxylic acids is 1. The zero-order valence-electron chi connectivity index (χ0n) is 11.5. The van der Waals surface area contributed by atoms with Crippen LogP contribution < -0.4 is 15.4 Å². The number of hydrogen-bond acceptors (Lipinski definition) is 3. The minimum absolute atomic E-state index is 0.265. The van der Waals surface area contributed by atoms with Crippen molar-refractivity contribution in [1.29, 1.82) is 0 Å². The van der Waals surface area contributed by atoms with Crippen LogP contribution >= 0.6 is 11.6 Å². The Hall–Kier alpha value is -1.46. The monoisotopic (exact) mass is 285 g/mol. The molecule has 1 aromatic rings. The number of halogens is 1. The van der Waals surface area contributed by atoms with E-state index in [0.717, 1.165) is 13.0 Å². The molecule has 2 amide bonds. The predicted octanol–water partition coefficient (Wildman–Crippen LogP) is 2.42. The van der Waals surface area contributed by atoms with Crippen molar-refractivity contribution in [3.63, 3.8) is 0 Å². The Morgan fingerprint density at radius 1 is 1.42 bits per heavy atom. The van der Waals surface area contributed by atoms with Crippen LogP contribution in [0.15, 0.2) is 18.2 Å². The van der Waals surface area contributed by atoms with E-state index in [1.807, 2.05) is 14.1 Å². The van der Waals surface area contributed by atoms with E-state index in [-0.39, 0.29) is 6.03 Å². The summed E-state index contributed by atoms with van der Waals surface area (Å²) in [4.78, 5) is 13.8. The number of nitrogens with one attached hydrogen (secondary N) is 2. The number of ether oxygens (including phenoxy) is 1. The van der Waals surface area contributed by atoms with Gasteiger partial charge in [0.15, 0.2) is 0 Å². The average molecular weight is 286 g/mol. The number of urea groups is 1. The van der Waals surface area contributed by atoms with Gasteiger partial charge in [-0.15, -0.1) is 0 Å². The van der Waals surface area contributed by atoms with Crippen LogP contribution in [0.25, 0.3) is 0 Å². The maximum atomic E-state index is 11.7. The Morgan fingerprint density at radius 2 is 2.16 bits per heavy atom. The zero-order valence-corrected chi connectivity index (χ0v) is 12.3. The highest BCUT2D eigenvalue weighted by Gasteiger charge is 2.07. The molecular formula is C13H20ClN3O2. The third-order valence-electron chi connectivity index (χ3n) is 2.48. The molecule has 0 spiro atoms. The minimum Gasteiger partial charge on any atom is -0.495 e. The topological polar surface area (TPSA) is 53.6 Å². The van der Waals surface area contributed by atoms with E-state index in [2.05, 4.69) is 15.5 Å². The summed E-state index contributed by atoms with van der Waals surface area (Å²) in [5.74, 6) is 0.577. The Bertz CT molecular complexity index is 424. The maximum Gasteiger partial charge on any atom is 0.319 e. The largest absolute Gasteiger partial charge is 0.495 e. The summed E-state index contributed by atoms with van der Waals surface area (Å²) in [6.45, 7) is 1.55. The first-order chi connectivity index (χ1) is 9.02. The van der Waals surface area contributed by atoms with Crippen LogP contribution in [-0.2, 0) is 0 Å². The van der Waals surface area contributed by atoms with Gasteiger partial charge in [-0.05, 0) is 45.3 Å². The second kappa shape index (κ2) is 7.86. The summed E-state index contributed by atoms with van der Waals surface area (Å²) in [5.41, 5.74) is 0.556. The summed E-state index contributed by atoms with van der Waals surface area (Å²) in [6, 6.07) is 4.81. The molecule has 0 bridgehead atoms. The summed E-state index contributed by atoms with van der Waals surface area (Å²) in [7, 11) is 5.54. The fourth-order valence-corrected chi connectivity index (χ4v) is 1.71. The molecule has 0 unspecified atom stereocenters. The molecule has 1 aromatic carbocycles. The third kappa shape index (κ3) is 5.81. The van der Waals surface area contributed by atoms with Crippen molar-refractivity contribution in [3.8, 4) is 5.75 Å². The first kappa shape index (κ1) is 15.6. The Morgan fingerprint density at radius 3 is 2.79 bits per heavy atom. The number of anilines is 1. The lowest BCUT2D eigenvalue weighted by atomic mass is 10.3. The highest BCUT2D eigenvalue weighted by molar-refractivity contribution is 6.31. The fourth-order valence-electron chi connectivity index (χ4n) is 1.54. The molecule has 0 aliphatic carbocycles. The molecule has 0 radical (unpaired) electrons. The Labute approximate surface area is 118 Å². The summed E-state index contributed by atoms with van der Waals surface area (Å²) in [6.07, 6.45) is 0.896. The van der Waals surface area contributed by atoms with E-state index < -0.39 is 0 Å². The molecule has 0 atom stereocenters. The van der Waals surface area contributed by atoms with Gasteiger partial charge in [0.25, 0.3) is 0 Å². The molecule has 0 heterocycles. The van der Waals surface area contributed by atoms with Gasteiger partial charge in [-0.3, -0.25) is 0 Å². The molecule has 0 saturated heterocycles. The van der Waals surface area contributed by atoms with Crippen molar-refractivity contribution in [2.24, 2.45) is 0 Å². The van der Waals surface area contributed by atoms with Crippen LogP contribution in [0.1, 0.15) is 6.42 Å². The van der Waals surface area contributed by atoms with Gasteiger partial charge in [0.1, 0.15) is 5.75 Å². The van der Waals surface area contributed by atoms with Crippen LogP contribution in [0.3, 0.4) is 0 Å². The van der Waals surface area contributed by atoms with Gasteiger partial charge in [0.2, 0.25) is 0 Å². The number of hydrogen-bond donors (Lipinski definition) is 2. The highest BCUT2D eigenvalue weighted by Crippen LogP contribution is 2.27. The molecule has 19 heavy (non-hydrogen) atoms. The summed E-state index contributed by atoms with van der Waals surface area (Å²) >= 11 is 5.89. The van der Waals surface area contributed by atoms with Gasteiger partial charge >= 0.3 is 6.03 Å². The number of nitrogens with zero attached hydrogens (tertiary/aromatic N) is 1. The lowest BCUT2D eigenvalue weighted by Gasteiger charge is -2.12. The SMILES string of the molecule is COc1ccc(Cl)cc1NC(=O)NCCCN(C)C. The van der Waals surface area contributed by atoms with Gasteiger partial charge < -0.3 is 20.3 Å². The Kier molecular flexibility index (Phi) is 6.45. The van der Waals surface area contributed by atoms with Crippen LogP contribution in [-0.4, -0.2) is 45.2 Å². The third-order valence-corrected chi connectivity index (χ3v) is 2.71. The lowest BCUT2D eigenvalue weighted by molar-refractivity contribution is 0.251. The van der Waals surface area contributed by atoms with E-state index in [9.17, 15) is 4.79 Å². The average Bonchev–Trinajstić information content (AvgIpc) is 2.35. The molecule has 0 aliphatic heterocycles. The molecule has 1 rings (SSSR count). The van der Waals surface area contributed by atoms with Crippen molar-refractivity contribution < 1.29 is 9.53 Å². The van der Waals surface area contributed by atoms with Gasteiger partial charge in [0.05, 0.1) is 12.8 Å². The molecule has 0 aliphatic rings. The van der Waals surface area contributed by atoms with E-state index in [0.29, 0.717) is 23.0 Å². The zero-order chi connectivity index (χ0) is 14.3. The molecule has 0 saturated carbocycles. The van der Waals surface area contributed by atoms with Crippen LogP contribution in [0.5, 0.6) is 5.75 Å².